The number of nitrogens with one attached hydrogen (secondary N) is 1. The van der Waals surface area contributed by atoms with Crippen LogP contribution in [0.25, 0.3) is 0 Å². The Morgan fingerprint density at radius 1 is 1.32 bits per heavy atom. The van der Waals surface area contributed by atoms with Crippen molar-refractivity contribution in [3.63, 3.8) is 0 Å². The number of rotatable bonds is 5. The van der Waals surface area contributed by atoms with Gasteiger partial charge >= 0.3 is 5.97 Å². The number of hydrogen-bond donors (Lipinski definition) is 1. The molecule has 0 saturated heterocycles. The van der Waals surface area contributed by atoms with Gasteiger partial charge < -0.3 is 10.1 Å². The summed E-state index contributed by atoms with van der Waals surface area (Å²) in [6.07, 6.45) is 7.31. The van der Waals surface area contributed by atoms with Crippen molar-refractivity contribution >= 4 is 11.8 Å². The Morgan fingerprint density at radius 3 is 2.95 bits per heavy atom. The smallest absolute Gasteiger partial charge is 0.358 e. The molecule has 2 rings (SSSR count). The number of methoxy groups -OCH3 is 1. The fourth-order valence-corrected chi connectivity index (χ4v) is 1.53. The molecule has 2 aromatic heterocycles. The maximum Gasteiger partial charge on any atom is 0.358 e. The molecule has 2 aromatic rings. The summed E-state index contributed by atoms with van der Waals surface area (Å²) in [4.78, 5) is 23.4. The summed E-state index contributed by atoms with van der Waals surface area (Å²) in [5, 5.41) is 3.10. The van der Waals surface area contributed by atoms with Gasteiger partial charge in [-0.05, 0) is 18.1 Å². The molecule has 0 atom stereocenters. The quantitative estimate of drug-likeness (QED) is 0.815. The highest BCUT2D eigenvalue weighted by Crippen LogP contribution is 2.04. The molecule has 0 aliphatic carbocycles. The summed E-state index contributed by atoms with van der Waals surface area (Å²) in [5.41, 5.74) is 1.32. The molecule has 0 spiro atoms. The first-order valence-corrected chi connectivity index (χ1v) is 5.82. The average molecular weight is 258 g/mol. The van der Waals surface area contributed by atoms with E-state index in [1.807, 2.05) is 18.3 Å². The van der Waals surface area contributed by atoms with Crippen LogP contribution in [0.1, 0.15) is 16.1 Å². The third-order valence-electron chi connectivity index (χ3n) is 2.47. The number of carbonyl (C=O) groups is 1. The summed E-state index contributed by atoms with van der Waals surface area (Å²) < 4.78 is 4.59. The normalized spacial score (nSPS) is 9.95. The maximum absolute atomic E-state index is 11.3. The number of pyridine rings is 1. The SMILES string of the molecule is COC(=O)c1cncc(NCCc2cccnc2)n1. The van der Waals surface area contributed by atoms with Gasteiger partial charge in [0, 0.05) is 18.9 Å². The van der Waals surface area contributed by atoms with Crippen LogP contribution in [0.4, 0.5) is 5.82 Å². The van der Waals surface area contributed by atoms with Gasteiger partial charge in [-0.1, -0.05) is 6.07 Å². The van der Waals surface area contributed by atoms with Gasteiger partial charge in [-0.2, -0.15) is 0 Å². The van der Waals surface area contributed by atoms with E-state index >= 15 is 0 Å². The molecule has 6 nitrogen and oxygen atoms in total. The molecule has 0 aliphatic heterocycles. The molecule has 0 fully saturated rings. The number of anilines is 1. The molecule has 98 valence electrons. The van der Waals surface area contributed by atoms with E-state index in [1.54, 1.807) is 12.4 Å². The molecular weight excluding hydrogens is 244 g/mol. The lowest BCUT2D eigenvalue weighted by molar-refractivity contribution is 0.0593. The topological polar surface area (TPSA) is 77.0 Å². The van der Waals surface area contributed by atoms with Gasteiger partial charge in [0.25, 0.3) is 0 Å². The van der Waals surface area contributed by atoms with Crippen molar-refractivity contribution in [2.45, 2.75) is 6.42 Å². The van der Waals surface area contributed by atoms with Crippen molar-refractivity contribution in [3.8, 4) is 0 Å². The van der Waals surface area contributed by atoms with Crippen LogP contribution in [0.2, 0.25) is 0 Å². The summed E-state index contributed by atoms with van der Waals surface area (Å²) in [6.45, 7) is 0.686. The van der Waals surface area contributed by atoms with Crippen molar-refractivity contribution < 1.29 is 9.53 Å². The van der Waals surface area contributed by atoms with Gasteiger partial charge in [-0.3, -0.25) is 9.97 Å². The first kappa shape index (κ1) is 12.9. The molecule has 0 aliphatic rings. The minimum absolute atomic E-state index is 0.189. The van der Waals surface area contributed by atoms with Gasteiger partial charge in [-0.15, -0.1) is 0 Å². The molecular formula is C13H14N4O2. The number of hydrogen-bond acceptors (Lipinski definition) is 6. The Kier molecular flexibility index (Phi) is 4.39. The van der Waals surface area contributed by atoms with Gasteiger partial charge in [0.1, 0.15) is 5.82 Å². The fraction of sp³-hybridized carbons (Fsp3) is 0.231. The van der Waals surface area contributed by atoms with Crippen LogP contribution >= 0.6 is 0 Å². The molecule has 19 heavy (non-hydrogen) atoms. The van der Waals surface area contributed by atoms with Crippen molar-refractivity contribution in [3.05, 3.63) is 48.2 Å². The van der Waals surface area contributed by atoms with Crippen molar-refractivity contribution in [2.24, 2.45) is 0 Å². The standard InChI is InChI=1S/C13H14N4O2/c1-19-13(18)11-8-15-9-12(17-11)16-6-4-10-3-2-5-14-7-10/h2-3,5,7-9H,4,6H2,1H3,(H,16,17). The Bertz CT molecular complexity index is 545. The van der Waals surface area contributed by atoms with E-state index in [2.05, 4.69) is 25.0 Å². The predicted molar refractivity (Wildman–Crippen MR) is 69.8 cm³/mol. The Hall–Kier alpha value is -2.50. The second-order valence-corrected chi connectivity index (χ2v) is 3.82. The third kappa shape index (κ3) is 3.74. The van der Waals surface area contributed by atoms with Crippen LogP contribution in [0.15, 0.2) is 36.9 Å². The lowest BCUT2D eigenvalue weighted by Gasteiger charge is -2.06. The van der Waals surface area contributed by atoms with Crippen molar-refractivity contribution in [1.29, 1.82) is 0 Å². The zero-order chi connectivity index (χ0) is 13.5. The zero-order valence-corrected chi connectivity index (χ0v) is 10.5. The molecule has 0 saturated carbocycles. The molecule has 0 aromatic carbocycles. The molecule has 1 N–H and O–H groups in total. The van der Waals surface area contributed by atoms with Crippen molar-refractivity contribution in [2.75, 3.05) is 19.0 Å². The van der Waals surface area contributed by atoms with Crippen LogP contribution in [0.3, 0.4) is 0 Å². The number of aromatic nitrogens is 3. The lowest BCUT2D eigenvalue weighted by atomic mass is 10.2. The second kappa shape index (κ2) is 6.44. The number of carbonyl (C=O) groups excluding carboxylic acids is 1. The summed E-state index contributed by atoms with van der Waals surface area (Å²) in [7, 11) is 1.31. The highest BCUT2D eigenvalue weighted by molar-refractivity contribution is 5.87. The van der Waals surface area contributed by atoms with E-state index in [1.165, 1.54) is 13.3 Å². The summed E-state index contributed by atoms with van der Waals surface area (Å²) in [6, 6.07) is 3.90. The lowest BCUT2D eigenvalue weighted by Crippen LogP contribution is -2.10. The van der Waals surface area contributed by atoms with Crippen LogP contribution in [-0.4, -0.2) is 34.6 Å². The van der Waals surface area contributed by atoms with E-state index in [9.17, 15) is 4.79 Å². The fourth-order valence-electron chi connectivity index (χ4n) is 1.53. The second-order valence-electron chi connectivity index (χ2n) is 3.82. The molecule has 2 heterocycles. The predicted octanol–water partition coefficient (Wildman–Crippen LogP) is 1.31. The van der Waals surface area contributed by atoms with E-state index in [4.69, 9.17) is 0 Å². The highest BCUT2D eigenvalue weighted by atomic mass is 16.5. The zero-order valence-electron chi connectivity index (χ0n) is 10.5. The van der Waals surface area contributed by atoms with Gasteiger partial charge in [0.05, 0.1) is 19.5 Å². The largest absolute Gasteiger partial charge is 0.464 e. The Balaban J connectivity index is 1.91. The van der Waals surface area contributed by atoms with E-state index in [0.29, 0.717) is 12.4 Å². The van der Waals surface area contributed by atoms with Crippen LogP contribution < -0.4 is 5.32 Å². The Labute approximate surface area is 110 Å². The summed E-state index contributed by atoms with van der Waals surface area (Å²) in [5.74, 6) is 0.0511. The summed E-state index contributed by atoms with van der Waals surface area (Å²) >= 11 is 0. The van der Waals surface area contributed by atoms with Crippen LogP contribution in [-0.2, 0) is 11.2 Å². The molecule has 0 unspecified atom stereocenters. The van der Waals surface area contributed by atoms with E-state index < -0.39 is 5.97 Å². The first-order valence-electron chi connectivity index (χ1n) is 5.82. The number of ether oxygens (including phenoxy) is 1. The molecule has 0 amide bonds. The first-order chi connectivity index (χ1) is 9.29. The molecule has 0 bridgehead atoms. The molecule has 0 radical (unpaired) electrons. The van der Waals surface area contributed by atoms with E-state index in [0.717, 1.165) is 12.0 Å². The number of nitrogens with zero attached hydrogens (tertiary/aromatic N) is 3. The Morgan fingerprint density at radius 2 is 2.21 bits per heavy atom. The average Bonchev–Trinajstić information content (AvgIpc) is 2.48. The minimum atomic E-state index is -0.497. The van der Waals surface area contributed by atoms with Gasteiger partial charge in [0.2, 0.25) is 0 Å². The van der Waals surface area contributed by atoms with Crippen LogP contribution in [0, 0.1) is 0 Å². The van der Waals surface area contributed by atoms with Crippen LogP contribution in [0.5, 0.6) is 0 Å². The minimum Gasteiger partial charge on any atom is -0.464 e. The van der Waals surface area contributed by atoms with Crippen molar-refractivity contribution in [1.82, 2.24) is 15.0 Å². The molecule has 6 heteroatoms. The number of esters is 1. The van der Waals surface area contributed by atoms with E-state index in [-0.39, 0.29) is 5.69 Å². The van der Waals surface area contributed by atoms with Gasteiger partial charge in [0.15, 0.2) is 5.69 Å². The maximum atomic E-state index is 11.3. The third-order valence-corrected chi connectivity index (χ3v) is 2.47. The monoisotopic (exact) mass is 258 g/mol. The highest BCUT2D eigenvalue weighted by Gasteiger charge is 2.07. The van der Waals surface area contributed by atoms with Gasteiger partial charge in [-0.25, -0.2) is 9.78 Å².